The molecule has 6 nitrogen and oxygen atoms in total. The highest BCUT2D eigenvalue weighted by Crippen LogP contribution is 2.58. The van der Waals surface area contributed by atoms with E-state index in [9.17, 15) is 26.4 Å². The Labute approximate surface area is 169 Å². The molecule has 2 atom stereocenters. The van der Waals surface area contributed by atoms with E-state index < -0.39 is 32.8 Å². The molecule has 0 spiro atoms. The number of hydrogen-bond acceptors (Lipinski definition) is 4. The molecule has 1 amide bonds. The first-order chi connectivity index (χ1) is 13.5. The van der Waals surface area contributed by atoms with Gasteiger partial charge in [-0.15, -0.1) is 13.2 Å². The molecule has 0 radical (unpaired) electrons. The van der Waals surface area contributed by atoms with Gasteiger partial charge in [0.2, 0.25) is 15.9 Å². The lowest BCUT2D eigenvalue weighted by Gasteiger charge is -2.23. The summed E-state index contributed by atoms with van der Waals surface area (Å²) in [7, 11) is -3.97. The monoisotopic (exact) mass is 446 g/mol. The van der Waals surface area contributed by atoms with Crippen molar-refractivity contribution >= 4 is 38.9 Å². The molecule has 0 aromatic heterocycles. The average Bonchev–Trinajstić information content (AvgIpc) is 3.32. The third-order valence-corrected chi connectivity index (χ3v) is 7.83. The molecule has 11 heteroatoms. The van der Waals surface area contributed by atoms with Crippen molar-refractivity contribution in [1.29, 1.82) is 0 Å². The Hall–Kier alpha value is -2.46. The fraction of sp³-hybridized carbons (Fsp3) is 0.278. The molecule has 1 aliphatic heterocycles. The van der Waals surface area contributed by atoms with Gasteiger partial charge in [-0.25, -0.2) is 8.42 Å². The maximum atomic E-state index is 13.1. The number of sulfonamides is 1. The molecule has 1 N–H and O–H groups in total. The van der Waals surface area contributed by atoms with Crippen LogP contribution >= 0.6 is 11.6 Å². The number of nitrogens with one attached hydrogen (secondary N) is 1. The van der Waals surface area contributed by atoms with E-state index in [1.54, 1.807) is 24.3 Å². The number of benzene rings is 2. The number of hydrogen-bond donors (Lipinski definition) is 1. The molecule has 2 aromatic rings. The van der Waals surface area contributed by atoms with Gasteiger partial charge in [0.15, 0.2) is 4.75 Å². The van der Waals surface area contributed by atoms with Crippen molar-refractivity contribution in [3.05, 3.63) is 53.6 Å². The van der Waals surface area contributed by atoms with Gasteiger partial charge in [-0.1, -0.05) is 11.6 Å². The van der Waals surface area contributed by atoms with Gasteiger partial charge >= 0.3 is 6.36 Å². The third kappa shape index (κ3) is 3.40. The number of halogens is 4. The molecule has 4 rings (SSSR count). The van der Waals surface area contributed by atoms with Crippen molar-refractivity contribution in [2.24, 2.45) is 5.92 Å². The van der Waals surface area contributed by atoms with Gasteiger partial charge in [0.05, 0.1) is 5.69 Å². The largest absolute Gasteiger partial charge is 0.573 e. The maximum Gasteiger partial charge on any atom is 0.573 e. The summed E-state index contributed by atoms with van der Waals surface area (Å²) in [6.07, 6.45) is -4.63. The smallest absolute Gasteiger partial charge is 0.406 e. The van der Waals surface area contributed by atoms with E-state index in [4.69, 9.17) is 11.6 Å². The van der Waals surface area contributed by atoms with Crippen molar-refractivity contribution in [2.45, 2.75) is 17.5 Å². The molecule has 2 aliphatic rings. The van der Waals surface area contributed by atoms with E-state index in [-0.39, 0.29) is 24.6 Å². The van der Waals surface area contributed by atoms with Gasteiger partial charge in [-0.05, 0) is 55.0 Å². The van der Waals surface area contributed by atoms with Gasteiger partial charge in [0.25, 0.3) is 0 Å². The van der Waals surface area contributed by atoms with Gasteiger partial charge < -0.3 is 10.1 Å². The summed E-state index contributed by atoms with van der Waals surface area (Å²) in [4.78, 5) is 12.8. The van der Waals surface area contributed by atoms with E-state index >= 15 is 0 Å². The number of nitrogens with zero attached hydrogens (tertiary/aromatic N) is 1. The second kappa shape index (κ2) is 6.53. The van der Waals surface area contributed by atoms with Crippen molar-refractivity contribution in [3.8, 4) is 5.75 Å². The van der Waals surface area contributed by atoms with E-state index in [1.165, 1.54) is 16.4 Å². The predicted octanol–water partition coefficient (Wildman–Crippen LogP) is 3.79. The van der Waals surface area contributed by atoms with E-state index in [0.717, 1.165) is 12.1 Å². The van der Waals surface area contributed by atoms with Crippen LogP contribution in [0, 0.1) is 5.92 Å². The molecular weight excluding hydrogens is 433 g/mol. The molecular formula is C18H14ClF3N2O4S. The topological polar surface area (TPSA) is 75.7 Å². The number of ether oxygens (including phenoxy) is 1. The Morgan fingerprint density at radius 2 is 1.76 bits per heavy atom. The lowest BCUT2D eigenvalue weighted by atomic mass is 10.2. The normalized spacial score (nSPS) is 24.7. The number of carbonyl (C=O) groups excluding carboxylic acids is 1. The van der Waals surface area contributed by atoms with Crippen LogP contribution in [0.4, 0.5) is 24.5 Å². The van der Waals surface area contributed by atoms with E-state index in [1.807, 2.05) is 0 Å². The first-order valence-corrected chi connectivity index (χ1v) is 10.3. The summed E-state index contributed by atoms with van der Waals surface area (Å²) >= 11 is 5.84. The molecule has 154 valence electrons. The Morgan fingerprint density at radius 3 is 2.34 bits per heavy atom. The number of carbonyl (C=O) groups is 1. The van der Waals surface area contributed by atoms with Crippen LogP contribution in [0.25, 0.3) is 0 Å². The van der Waals surface area contributed by atoms with Crippen LogP contribution < -0.4 is 14.4 Å². The highest BCUT2D eigenvalue weighted by Gasteiger charge is 2.75. The van der Waals surface area contributed by atoms with Gasteiger partial charge in [-0.3, -0.25) is 9.10 Å². The minimum Gasteiger partial charge on any atom is -0.406 e. The molecule has 1 heterocycles. The highest BCUT2D eigenvalue weighted by molar-refractivity contribution is 7.95. The summed E-state index contributed by atoms with van der Waals surface area (Å²) in [5, 5.41) is 2.95. The first kappa shape index (κ1) is 19.8. The number of rotatable bonds is 4. The van der Waals surface area contributed by atoms with Crippen LogP contribution in [-0.4, -0.2) is 32.0 Å². The van der Waals surface area contributed by atoms with E-state index in [0.29, 0.717) is 10.7 Å². The van der Waals surface area contributed by atoms with Gasteiger partial charge in [0.1, 0.15) is 5.75 Å². The quantitative estimate of drug-likeness (QED) is 0.775. The fourth-order valence-electron chi connectivity index (χ4n) is 3.55. The van der Waals surface area contributed by atoms with Crippen LogP contribution in [-0.2, 0) is 14.8 Å². The second-order valence-electron chi connectivity index (χ2n) is 6.83. The van der Waals surface area contributed by atoms with Crippen molar-refractivity contribution < 1.29 is 31.1 Å². The first-order valence-electron chi connectivity index (χ1n) is 8.48. The van der Waals surface area contributed by atoms with Crippen LogP contribution in [0.15, 0.2) is 48.5 Å². The maximum absolute atomic E-state index is 13.1. The Kier molecular flexibility index (Phi) is 4.47. The Balaban J connectivity index is 1.51. The standard InChI is InChI=1S/C18H14ClF3N2O4S/c19-12-1-5-14(6-2-12)24-10-11-9-17(11,29(24,26)27)16(25)23-13-3-7-15(8-4-13)28-18(20,21)22/h1-8,11H,9-10H2,(H,23,25)/t11-,17+/m0/s1. The van der Waals surface area contributed by atoms with Crippen LogP contribution in [0.1, 0.15) is 6.42 Å². The lowest BCUT2D eigenvalue weighted by molar-refractivity contribution is -0.274. The number of fused-ring (bicyclic) bond motifs is 1. The third-order valence-electron chi connectivity index (χ3n) is 5.03. The van der Waals surface area contributed by atoms with Crippen molar-refractivity contribution in [2.75, 3.05) is 16.2 Å². The molecule has 2 aromatic carbocycles. The highest BCUT2D eigenvalue weighted by atomic mass is 35.5. The summed E-state index contributed by atoms with van der Waals surface area (Å²) < 4.78 is 66.2. The van der Waals surface area contributed by atoms with Crippen molar-refractivity contribution in [1.82, 2.24) is 0 Å². The lowest BCUT2D eigenvalue weighted by Crippen LogP contribution is -2.42. The van der Waals surface area contributed by atoms with Gasteiger partial charge in [-0.2, -0.15) is 0 Å². The van der Waals surface area contributed by atoms with Crippen LogP contribution in [0.3, 0.4) is 0 Å². The molecule has 1 saturated heterocycles. The van der Waals surface area contributed by atoms with E-state index in [2.05, 4.69) is 10.1 Å². The molecule has 1 saturated carbocycles. The molecule has 0 bridgehead atoms. The zero-order chi connectivity index (χ0) is 21.0. The molecule has 29 heavy (non-hydrogen) atoms. The number of alkyl halides is 3. The summed E-state index contributed by atoms with van der Waals surface area (Å²) in [6, 6.07) is 10.8. The zero-order valence-electron chi connectivity index (χ0n) is 14.6. The number of amides is 1. The zero-order valence-corrected chi connectivity index (χ0v) is 16.2. The number of anilines is 2. The minimum atomic E-state index is -4.83. The minimum absolute atomic E-state index is 0.171. The fourth-order valence-corrected chi connectivity index (χ4v) is 6.04. The Morgan fingerprint density at radius 1 is 1.14 bits per heavy atom. The van der Waals surface area contributed by atoms with Gasteiger partial charge in [0, 0.05) is 23.2 Å². The summed E-state index contributed by atoms with van der Waals surface area (Å²) in [5.41, 5.74) is 0.590. The van der Waals surface area contributed by atoms with Crippen LogP contribution in [0.2, 0.25) is 5.02 Å². The molecule has 1 aliphatic carbocycles. The van der Waals surface area contributed by atoms with Crippen LogP contribution in [0.5, 0.6) is 5.75 Å². The SMILES string of the molecule is O=C(Nc1ccc(OC(F)(F)F)cc1)[C@@]12C[C@H]1CN(c1ccc(Cl)cc1)S2(=O)=O. The average molecular weight is 447 g/mol. The predicted molar refractivity (Wildman–Crippen MR) is 100 cm³/mol. The molecule has 2 fully saturated rings. The summed E-state index contributed by atoms with van der Waals surface area (Å²) in [5.74, 6) is -1.51. The van der Waals surface area contributed by atoms with Crippen molar-refractivity contribution in [3.63, 3.8) is 0 Å². The second-order valence-corrected chi connectivity index (χ2v) is 9.39. The molecule has 0 unspecified atom stereocenters. The summed E-state index contributed by atoms with van der Waals surface area (Å²) in [6.45, 7) is 0.176. The Bertz CT molecular complexity index is 1060.